The zero-order valence-corrected chi connectivity index (χ0v) is 21.1. The van der Waals surface area contributed by atoms with Crippen LogP contribution in [-0.2, 0) is 23.1 Å². The van der Waals surface area contributed by atoms with Gasteiger partial charge in [-0.15, -0.1) is 11.3 Å². The van der Waals surface area contributed by atoms with Crippen LogP contribution in [0.3, 0.4) is 0 Å². The third-order valence-electron chi connectivity index (χ3n) is 5.61. The Morgan fingerprint density at radius 2 is 1.76 bits per heavy atom. The fourth-order valence-electron chi connectivity index (χ4n) is 4.04. The number of nitrogens with one attached hydrogen (secondary N) is 1. The predicted molar refractivity (Wildman–Crippen MR) is 147 cm³/mol. The van der Waals surface area contributed by atoms with Crippen molar-refractivity contribution in [3.8, 4) is 6.07 Å². The lowest BCUT2D eigenvalue weighted by Crippen LogP contribution is -2.13. The average molecular weight is 509 g/mol. The molecule has 7 nitrogen and oxygen atoms in total. The molecule has 3 aromatic carbocycles. The molecule has 0 atom stereocenters. The number of carboxylic acids is 1. The Morgan fingerprint density at radius 1 is 1.08 bits per heavy atom. The van der Waals surface area contributed by atoms with Gasteiger partial charge in [0.25, 0.3) is 11.9 Å². The van der Waals surface area contributed by atoms with E-state index in [-0.39, 0.29) is 5.57 Å². The second kappa shape index (κ2) is 11.3. The number of thiazole rings is 1. The number of carbonyl (C=O) groups is 2. The largest absolute Gasteiger partial charge is 0.481 e. The molecule has 0 aliphatic carbocycles. The van der Waals surface area contributed by atoms with E-state index in [4.69, 9.17) is 9.90 Å². The Kier molecular flexibility index (Phi) is 7.77. The summed E-state index contributed by atoms with van der Waals surface area (Å²) in [5, 5.41) is 23.7. The van der Waals surface area contributed by atoms with E-state index >= 15 is 0 Å². The first-order valence-corrected chi connectivity index (χ1v) is 12.3. The second-order valence-electron chi connectivity index (χ2n) is 8.30. The lowest BCUT2D eigenvalue weighted by atomic mass is 10.0. The Bertz CT molecular complexity index is 1660. The van der Waals surface area contributed by atoms with Gasteiger partial charge in [-0.1, -0.05) is 60.7 Å². The molecule has 0 fully saturated rings. The Labute approximate surface area is 217 Å². The normalized spacial score (nSPS) is 11.0. The first-order valence-electron chi connectivity index (χ1n) is 11.4. The van der Waals surface area contributed by atoms with Gasteiger partial charge in [-0.25, -0.2) is 4.98 Å². The number of hydrogen-bond donors (Lipinski definition) is 2. The molecule has 184 valence electrons. The minimum absolute atomic E-state index is 0.0390. The molecule has 1 amide bonds. The Morgan fingerprint density at radius 3 is 2.51 bits per heavy atom. The van der Waals surface area contributed by atoms with Crippen molar-refractivity contribution in [2.24, 2.45) is 7.05 Å². The zero-order chi connectivity index (χ0) is 26.4. The van der Waals surface area contributed by atoms with Gasteiger partial charge in [-0.05, 0) is 28.5 Å². The third kappa shape index (κ3) is 6.10. The molecule has 0 aliphatic rings. The number of carboxylic acid groups (broad SMARTS) is 1. The van der Waals surface area contributed by atoms with Gasteiger partial charge in [-0.3, -0.25) is 14.9 Å². The molecule has 0 unspecified atom stereocenters. The number of benzene rings is 3. The van der Waals surface area contributed by atoms with E-state index in [9.17, 15) is 10.1 Å². The van der Waals surface area contributed by atoms with Crippen molar-refractivity contribution in [3.05, 3.63) is 101 Å². The van der Waals surface area contributed by atoms with Gasteiger partial charge < -0.3 is 9.67 Å². The summed E-state index contributed by atoms with van der Waals surface area (Å²) < 4.78 is 1.98. The molecule has 37 heavy (non-hydrogen) atoms. The first-order chi connectivity index (χ1) is 17.9. The van der Waals surface area contributed by atoms with Crippen LogP contribution in [0.2, 0.25) is 0 Å². The standard InChI is InChI=1S/C27H20N4OS.C2H4O2/c1-31-17-21(24-11-4-5-12-25(24)31)13-20(15-28)26(32)30-27-29-16-22(33-27)14-19-9-6-8-18-7-2-3-10-23(18)19;1-2(3)4/h2-13,16-17H,14H2,1H3,(H,29,30,32);1H3,(H,3,4). The van der Waals surface area contributed by atoms with E-state index < -0.39 is 11.9 Å². The van der Waals surface area contributed by atoms with Crippen molar-refractivity contribution in [1.29, 1.82) is 5.26 Å². The summed E-state index contributed by atoms with van der Waals surface area (Å²) in [5.74, 6) is -1.29. The number of carbonyl (C=O) groups excluding carboxylic acids is 1. The minimum Gasteiger partial charge on any atom is -0.481 e. The highest BCUT2D eigenvalue weighted by Gasteiger charge is 2.14. The lowest BCUT2D eigenvalue weighted by molar-refractivity contribution is -0.134. The molecule has 5 aromatic rings. The number of anilines is 1. The molecule has 0 radical (unpaired) electrons. The molecule has 0 spiro atoms. The van der Waals surface area contributed by atoms with Crippen LogP contribution in [0, 0.1) is 11.3 Å². The van der Waals surface area contributed by atoms with Crippen LogP contribution in [0.15, 0.2) is 84.7 Å². The summed E-state index contributed by atoms with van der Waals surface area (Å²) in [7, 11) is 1.94. The SMILES string of the molecule is CC(=O)O.Cn1cc(C=C(C#N)C(=O)Nc2ncc(Cc3cccc4ccccc34)s2)c2ccccc21. The van der Waals surface area contributed by atoms with Crippen molar-refractivity contribution >= 4 is 56.1 Å². The molecule has 5 rings (SSSR count). The quantitative estimate of drug-likeness (QED) is 0.223. The van der Waals surface area contributed by atoms with Crippen molar-refractivity contribution in [1.82, 2.24) is 9.55 Å². The molecule has 8 heteroatoms. The highest BCUT2D eigenvalue weighted by molar-refractivity contribution is 7.15. The number of aryl methyl sites for hydroxylation is 1. The maximum atomic E-state index is 12.8. The Balaban J connectivity index is 0.000000747. The van der Waals surface area contributed by atoms with E-state index in [1.165, 1.54) is 27.7 Å². The van der Waals surface area contributed by atoms with Crippen molar-refractivity contribution in [2.75, 3.05) is 5.32 Å². The monoisotopic (exact) mass is 508 g/mol. The zero-order valence-electron chi connectivity index (χ0n) is 20.3. The summed E-state index contributed by atoms with van der Waals surface area (Å²) in [6.07, 6.45) is 6.05. The van der Waals surface area contributed by atoms with E-state index in [2.05, 4.69) is 40.6 Å². The third-order valence-corrected chi connectivity index (χ3v) is 6.52. The van der Waals surface area contributed by atoms with Crippen LogP contribution in [-0.4, -0.2) is 26.5 Å². The summed E-state index contributed by atoms with van der Waals surface area (Å²) in [6.45, 7) is 1.08. The van der Waals surface area contributed by atoms with Gasteiger partial charge in [0.15, 0.2) is 5.13 Å². The van der Waals surface area contributed by atoms with Crippen LogP contribution in [0.4, 0.5) is 5.13 Å². The van der Waals surface area contributed by atoms with E-state index in [1.54, 1.807) is 12.3 Å². The van der Waals surface area contributed by atoms with Gasteiger partial charge in [0, 0.05) is 54.1 Å². The molecule has 2 heterocycles. The molecule has 0 saturated heterocycles. The average Bonchev–Trinajstić information content (AvgIpc) is 3.46. The van der Waals surface area contributed by atoms with Gasteiger partial charge in [0.1, 0.15) is 11.6 Å². The Hall–Kier alpha value is -4.74. The molecular formula is C29H24N4O3S. The lowest BCUT2D eigenvalue weighted by Gasteiger charge is -2.04. The van der Waals surface area contributed by atoms with Crippen LogP contribution in [0.5, 0.6) is 0 Å². The summed E-state index contributed by atoms with van der Waals surface area (Å²) in [6, 6.07) is 24.5. The van der Waals surface area contributed by atoms with Gasteiger partial charge >= 0.3 is 0 Å². The number of rotatable bonds is 5. The predicted octanol–water partition coefficient (Wildman–Crippen LogP) is 6.02. The van der Waals surface area contributed by atoms with E-state index in [0.29, 0.717) is 5.13 Å². The number of nitriles is 1. The topological polar surface area (TPSA) is 108 Å². The highest BCUT2D eigenvalue weighted by Crippen LogP contribution is 2.27. The molecule has 2 N–H and O–H groups in total. The number of hydrogen-bond acceptors (Lipinski definition) is 5. The maximum Gasteiger partial charge on any atom is 0.300 e. The first kappa shape index (κ1) is 25.4. The minimum atomic E-state index is -0.833. The number of aromatic nitrogens is 2. The number of nitrogens with zero attached hydrogens (tertiary/aromatic N) is 3. The fraction of sp³-hybridized carbons (Fsp3) is 0.103. The van der Waals surface area contributed by atoms with Crippen LogP contribution in [0.1, 0.15) is 22.9 Å². The highest BCUT2D eigenvalue weighted by atomic mass is 32.1. The molecule has 2 aromatic heterocycles. The molecular weight excluding hydrogens is 484 g/mol. The van der Waals surface area contributed by atoms with Crippen LogP contribution in [0.25, 0.3) is 27.8 Å². The molecule has 0 aliphatic heterocycles. The smallest absolute Gasteiger partial charge is 0.300 e. The number of para-hydroxylation sites is 1. The van der Waals surface area contributed by atoms with Crippen molar-refractivity contribution in [3.63, 3.8) is 0 Å². The maximum absolute atomic E-state index is 12.8. The van der Waals surface area contributed by atoms with Crippen molar-refractivity contribution < 1.29 is 14.7 Å². The van der Waals surface area contributed by atoms with E-state index in [1.807, 2.05) is 60.3 Å². The van der Waals surface area contributed by atoms with Gasteiger partial charge in [-0.2, -0.15) is 5.26 Å². The number of fused-ring (bicyclic) bond motifs is 2. The summed E-state index contributed by atoms with van der Waals surface area (Å²) in [5.41, 5.74) is 3.12. The van der Waals surface area contributed by atoms with Crippen molar-refractivity contribution in [2.45, 2.75) is 13.3 Å². The van der Waals surface area contributed by atoms with Gasteiger partial charge in [0.05, 0.1) is 0 Å². The van der Waals surface area contributed by atoms with E-state index in [0.717, 1.165) is 34.7 Å². The number of aliphatic carboxylic acids is 1. The second-order valence-corrected chi connectivity index (χ2v) is 9.42. The summed E-state index contributed by atoms with van der Waals surface area (Å²) in [4.78, 5) is 27.2. The van der Waals surface area contributed by atoms with Gasteiger partial charge in [0.2, 0.25) is 0 Å². The van der Waals surface area contributed by atoms with Crippen LogP contribution >= 0.6 is 11.3 Å². The molecule has 0 bridgehead atoms. The number of amides is 1. The molecule has 0 saturated carbocycles. The van der Waals surface area contributed by atoms with Crippen LogP contribution < -0.4 is 5.32 Å². The fourth-order valence-corrected chi connectivity index (χ4v) is 4.87. The summed E-state index contributed by atoms with van der Waals surface area (Å²) >= 11 is 1.42.